The van der Waals surface area contributed by atoms with Gasteiger partial charge in [0.1, 0.15) is 24.6 Å². The van der Waals surface area contributed by atoms with E-state index in [9.17, 15) is 14.6 Å². The summed E-state index contributed by atoms with van der Waals surface area (Å²) in [6.45, 7) is 1.55. The van der Waals surface area contributed by atoms with E-state index in [0.29, 0.717) is 29.4 Å². The molecule has 8 nitrogen and oxygen atoms in total. The van der Waals surface area contributed by atoms with E-state index in [2.05, 4.69) is 20.3 Å². The third-order valence-electron chi connectivity index (χ3n) is 4.57. The first-order chi connectivity index (χ1) is 13.1. The molecular formula is C18H19FN5O3. The third-order valence-corrected chi connectivity index (χ3v) is 4.57. The van der Waals surface area contributed by atoms with Crippen LogP contribution in [-0.2, 0) is 16.4 Å². The molecule has 1 aliphatic heterocycles. The molecule has 1 aromatic carbocycles. The van der Waals surface area contributed by atoms with Crippen molar-refractivity contribution in [2.24, 2.45) is 0 Å². The smallest absolute Gasteiger partial charge is 0.173 e. The van der Waals surface area contributed by atoms with Gasteiger partial charge in [0.15, 0.2) is 29.4 Å². The van der Waals surface area contributed by atoms with Crippen molar-refractivity contribution in [3.8, 4) is 0 Å². The van der Waals surface area contributed by atoms with Gasteiger partial charge in [-0.15, -0.1) is 0 Å². The summed E-state index contributed by atoms with van der Waals surface area (Å²) >= 11 is 0. The summed E-state index contributed by atoms with van der Waals surface area (Å²) in [6, 6.07) is 9.81. The minimum atomic E-state index is -1.74. The standard InChI is InChI=1S/C18H19FN5O3/c1-10-22-16(20-7-11-5-3-2-4-6-11)14-17(23-10)24(9-21-14)18-13(19)15(26)12(8-25)27-18/h2-6,9,12-13,15,18,26H,7-8H2,1H3,(H,20,22,23)/t12-,13+,15-,18-/m1/s1. The molecule has 1 aliphatic rings. The molecule has 4 rings (SSSR count). The van der Waals surface area contributed by atoms with Gasteiger partial charge < -0.3 is 15.2 Å². The molecule has 3 heterocycles. The minimum Gasteiger partial charge on any atom is -0.387 e. The zero-order chi connectivity index (χ0) is 19.0. The van der Waals surface area contributed by atoms with Crippen molar-refractivity contribution in [2.75, 3.05) is 11.9 Å². The van der Waals surface area contributed by atoms with Crippen molar-refractivity contribution in [3.63, 3.8) is 0 Å². The number of nitrogens with zero attached hydrogens (tertiary/aromatic N) is 4. The number of aliphatic hydroxyl groups excluding tert-OH is 1. The molecule has 0 bridgehead atoms. The Labute approximate surface area is 154 Å². The maximum absolute atomic E-state index is 14.5. The number of alkyl halides is 1. The monoisotopic (exact) mass is 372 g/mol. The van der Waals surface area contributed by atoms with Gasteiger partial charge in [0.2, 0.25) is 0 Å². The molecule has 0 amide bonds. The fraction of sp³-hybridized carbons (Fsp3) is 0.389. The van der Waals surface area contributed by atoms with Crippen LogP contribution in [0, 0.1) is 6.92 Å². The molecule has 0 spiro atoms. The van der Waals surface area contributed by atoms with Crippen LogP contribution in [0.2, 0.25) is 0 Å². The predicted molar refractivity (Wildman–Crippen MR) is 94.2 cm³/mol. The average molecular weight is 372 g/mol. The molecule has 141 valence electrons. The topological polar surface area (TPSA) is 105 Å². The van der Waals surface area contributed by atoms with Gasteiger partial charge in [-0.2, -0.15) is 0 Å². The lowest BCUT2D eigenvalue weighted by Gasteiger charge is -2.15. The fourth-order valence-electron chi connectivity index (χ4n) is 3.18. The zero-order valence-corrected chi connectivity index (χ0v) is 14.6. The lowest BCUT2D eigenvalue weighted by atomic mass is 10.1. The second kappa shape index (κ2) is 7.18. The highest BCUT2D eigenvalue weighted by molar-refractivity contribution is 5.83. The Hall–Kier alpha value is -2.62. The normalized spacial score (nSPS) is 25.2. The second-order valence-corrected chi connectivity index (χ2v) is 6.45. The van der Waals surface area contributed by atoms with Gasteiger partial charge in [-0.25, -0.2) is 24.4 Å². The quantitative estimate of drug-likeness (QED) is 0.707. The van der Waals surface area contributed by atoms with Crippen LogP contribution in [0.5, 0.6) is 0 Å². The first-order valence-electron chi connectivity index (χ1n) is 8.63. The molecule has 2 aromatic heterocycles. The number of ether oxygens (including phenoxy) is 1. The number of aliphatic hydroxyl groups is 1. The van der Waals surface area contributed by atoms with Gasteiger partial charge in [-0.1, -0.05) is 30.3 Å². The molecule has 0 saturated carbocycles. The molecule has 27 heavy (non-hydrogen) atoms. The Morgan fingerprint density at radius 1 is 1.30 bits per heavy atom. The average Bonchev–Trinajstić information content (AvgIpc) is 3.22. The van der Waals surface area contributed by atoms with Crippen molar-refractivity contribution in [3.05, 3.63) is 48.0 Å². The summed E-state index contributed by atoms with van der Waals surface area (Å²) < 4.78 is 21.3. The van der Waals surface area contributed by atoms with E-state index in [-0.39, 0.29) is 0 Å². The number of anilines is 1. The number of aromatic nitrogens is 4. The van der Waals surface area contributed by atoms with Crippen LogP contribution < -0.4 is 5.32 Å². The highest BCUT2D eigenvalue weighted by Crippen LogP contribution is 2.34. The maximum Gasteiger partial charge on any atom is 0.173 e. The molecule has 4 atom stereocenters. The number of hydrogen-bond acceptors (Lipinski definition) is 6. The number of halogens is 1. The minimum absolute atomic E-state index is 0.379. The molecule has 0 aliphatic carbocycles. The summed E-state index contributed by atoms with van der Waals surface area (Å²) in [5.74, 6) is 1.00. The Morgan fingerprint density at radius 3 is 2.78 bits per heavy atom. The molecular weight excluding hydrogens is 353 g/mol. The first kappa shape index (κ1) is 17.8. The molecule has 1 saturated heterocycles. The van der Waals surface area contributed by atoms with E-state index < -0.39 is 31.2 Å². The molecule has 1 radical (unpaired) electrons. The summed E-state index contributed by atoms with van der Waals surface area (Å²) in [5.41, 5.74) is 1.92. The summed E-state index contributed by atoms with van der Waals surface area (Å²) in [5, 5.41) is 24.1. The Kier molecular flexibility index (Phi) is 4.73. The second-order valence-electron chi connectivity index (χ2n) is 6.45. The Morgan fingerprint density at radius 2 is 2.07 bits per heavy atom. The fourth-order valence-corrected chi connectivity index (χ4v) is 3.18. The van der Waals surface area contributed by atoms with Gasteiger partial charge in [-0.05, 0) is 12.5 Å². The predicted octanol–water partition coefficient (Wildman–Crippen LogP) is 1.77. The number of nitrogens with one attached hydrogen (secondary N) is 1. The van der Waals surface area contributed by atoms with Crippen LogP contribution in [0.3, 0.4) is 0 Å². The molecule has 1 fully saturated rings. The van der Waals surface area contributed by atoms with E-state index >= 15 is 0 Å². The van der Waals surface area contributed by atoms with E-state index in [4.69, 9.17) is 4.74 Å². The highest BCUT2D eigenvalue weighted by atomic mass is 19.1. The van der Waals surface area contributed by atoms with Crippen molar-refractivity contribution in [1.82, 2.24) is 19.5 Å². The Balaban J connectivity index is 1.66. The highest BCUT2D eigenvalue weighted by Gasteiger charge is 2.45. The van der Waals surface area contributed by atoms with Gasteiger partial charge >= 0.3 is 0 Å². The lowest BCUT2D eigenvalue weighted by Crippen LogP contribution is -2.30. The van der Waals surface area contributed by atoms with Gasteiger partial charge in [0, 0.05) is 6.54 Å². The van der Waals surface area contributed by atoms with E-state index in [1.54, 1.807) is 6.92 Å². The van der Waals surface area contributed by atoms with Crippen LogP contribution in [-0.4, -0.2) is 49.6 Å². The lowest BCUT2D eigenvalue weighted by molar-refractivity contribution is -0.0593. The molecule has 3 aromatic rings. The van der Waals surface area contributed by atoms with E-state index in [1.165, 1.54) is 10.9 Å². The third kappa shape index (κ3) is 3.25. The number of aryl methyl sites for hydroxylation is 1. The van der Waals surface area contributed by atoms with Crippen LogP contribution in [0.25, 0.3) is 11.2 Å². The largest absolute Gasteiger partial charge is 0.387 e. The van der Waals surface area contributed by atoms with Crippen LogP contribution in [0.15, 0.2) is 36.7 Å². The van der Waals surface area contributed by atoms with Crippen molar-refractivity contribution in [1.29, 1.82) is 0 Å². The van der Waals surface area contributed by atoms with Crippen LogP contribution >= 0.6 is 0 Å². The van der Waals surface area contributed by atoms with Crippen molar-refractivity contribution < 1.29 is 19.3 Å². The van der Waals surface area contributed by atoms with Gasteiger partial charge in [-0.3, -0.25) is 4.57 Å². The van der Waals surface area contributed by atoms with Crippen molar-refractivity contribution in [2.45, 2.75) is 38.1 Å². The van der Waals surface area contributed by atoms with E-state index in [0.717, 1.165) is 5.56 Å². The Bertz CT molecular complexity index is 935. The maximum atomic E-state index is 14.5. The van der Waals surface area contributed by atoms with E-state index in [1.807, 2.05) is 30.3 Å². The number of fused-ring (bicyclic) bond motifs is 1. The molecule has 2 N–H and O–H groups in total. The number of imidazole rings is 1. The summed E-state index contributed by atoms with van der Waals surface area (Å²) in [7, 11) is 0. The van der Waals surface area contributed by atoms with Crippen molar-refractivity contribution >= 4 is 17.0 Å². The van der Waals surface area contributed by atoms with Gasteiger partial charge in [0.25, 0.3) is 0 Å². The zero-order valence-electron chi connectivity index (χ0n) is 14.6. The van der Waals surface area contributed by atoms with Gasteiger partial charge in [0.05, 0.1) is 6.33 Å². The van der Waals surface area contributed by atoms with Crippen LogP contribution in [0.1, 0.15) is 17.6 Å². The van der Waals surface area contributed by atoms with Crippen LogP contribution in [0.4, 0.5) is 10.2 Å². The number of benzene rings is 1. The SMILES string of the molecule is Cc1nc(NCc2ccccc2)c2ncn([C@@H]3O[C@H](C[O])[C@@H](O)[C@@H]3F)c2n1. The molecule has 9 heteroatoms. The number of hydrogen-bond donors (Lipinski definition) is 2. The summed E-state index contributed by atoms with van der Waals surface area (Å²) in [4.78, 5) is 13.0. The number of rotatable bonds is 5. The molecule has 0 unspecified atom stereocenters. The first-order valence-corrected chi connectivity index (χ1v) is 8.63. The summed E-state index contributed by atoms with van der Waals surface area (Å²) in [6.07, 6.45) is -4.06.